The van der Waals surface area contributed by atoms with Gasteiger partial charge in [-0.25, -0.2) is 13.6 Å². The van der Waals surface area contributed by atoms with Gasteiger partial charge in [-0.05, 0) is 24.3 Å². The fourth-order valence-corrected chi connectivity index (χ4v) is 3.42. The maximum atomic E-state index is 14.1. The zero-order chi connectivity index (χ0) is 20.7. The van der Waals surface area contributed by atoms with Crippen LogP contribution in [0.3, 0.4) is 0 Å². The van der Waals surface area contributed by atoms with Crippen LogP contribution in [0.4, 0.5) is 13.2 Å². The Morgan fingerprint density at radius 3 is 2.34 bits per heavy atom. The lowest BCUT2D eigenvalue weighted by Gasteiger charge is -2.13. The number of hydrogen-bond acceptors (Lipinski definition) is 3. The van der Waals surface area contributed by atoms with Gasteiger partial charge in [0.05, 0.1) is 18.1 Å². The number of rotatable bonds is 3. The molecule has 0 saturated carbocycles. The largest absolute Gasteiger partial charge is 0.496 e. The minimum Gasteiger partial charge on any atom is -0.496 e. The number of esters is 1. The summed E-state index contributed by atoms with van der Waals surface area (Å²) in [5.74, 6) is -5.80. The van der Waals surface area contributed by atoms with Crippen molar-refractivity contribution in [1.82, 2.24) is 0 Å². The highest BCUT2D eigenvalue weighted by Gasteiger charge is 2.28. The third kappa shape index (κ3) is 2.95. The zero-order valence-electron chi connectivity index (χ0n) is 15.5. The quantitative estimate of drug-likeness (QED) is 0.168. The average molecular weight is 398 g/mol. The highest BCUT2D eigenvalue weighted by molar-refractivity contribution is 6.15. The van der Waals surface area contributed by atoms with E-state index in [4.69, 9.17) is 9.47 Å². The smallest absolute Gasteiger partial charge is 0.345 e. The van der Waals surface area contributed by atoms with E-state index in [0.29, 0.717) is 39.7 Å². The van der Waals surface area contributed by atoms with Crippen LogP contribution in [-0.2, 0) is 7.05 Å². The molecule has 0 saturated heterocycles. The number of aromatic nitrogens is 1. The minimum absolute atomic E-state index is 0.0641. The van der Waals surface area contributed by atoms with Gasteiger partial charge in [0.1, 0.15) is 18.2 Å². The Balaban J connectivity index is 2.03. The SMILES string of the molecule is COc1cccc2c1c(C(=O)Oc1c(F)ccc(F)c1F)c1ccccc1[n+]2C. The summed E-state index contributed by atoms with van der Waals surface area (Å²) in [4.78, 5) is 13.1. The fourth-order valence-electron chi connectivity index (χ4n) is 3.42. The molecule has 3 aromatic carbocycles. The molecule has 0 aliphatic heterocycles. The average Bonchev–Trinajstić information content (AvgIpc) is 2.74. The van der Waals surface area contributed by atoms with Crippen molar-refractivity contribution in [1.29, 1.82) is 0 Å². The summed E-state index contributed by atoms with van der Waals surface area (Å²) in [6.45, 7) is 0. The first-order chi connectivity index (χ1) is 13.9. The standard InChI is InChI=1S/C22H15F3NO3/c1-26-15-7-4-3-6-12(15)18(19-16(26)8-5-9-17(19)28-2)22(27)29-21-14(24)11-10-13(23)20(21)25/h3-11H,1-2H3/q+1. The van der Waals surface area contributed by atoms with Gasteiger partial charge in [0.15, 0.2) is 11.6 Å². The molecule has 0 spiro atoms. The second-order valence-corrected chi connectivity index (χ2v) is 6.37. The van der Waals surface area contributed by atoms with Gasteiger partial charge in [-0.15, -0.1) is 0 Å². The molecule has 1 heterocycles. The molecule has 0 aliphatic carbocycles. The van der Waals surface area contributed by atoms with E-state index in [1.165, 1.54) is 7.11 Å². The van der Waals surface area contributed by atoms with Crippen molar-refractivity contribution >= 4 is 27.8 Å². The lowest BCUT2D eigenvalue weighted by molar-refractivity contribution is -0.617. The third-order valence-corrected chi connectivity index (χ3v) is 4.77. The van der Waals surface area contributed by atoms with E-state index in [-0.39, 0.29) is 5.56 Å². The summed E-state index contributed by atoms with van der Waals surface area (Å²) in [7, 11) is 3.27. The highest BCUT2D eigenvalue weighted by atomic mass is 19.2. The molecular weight excluding hydrogens is 383 g/mol. The zero-order valence-corrected chi connectivity index (χ0v) is 15.5. The summed E-state index contributed by atoms with van der Waals surface area (Å²) < 4.78 is 53.9. The number of ether oxygens (including phenoxy) is 2. The molecule has 0 bridgehead atoms. The number of benzene rings is 3. The van der Waals surface area contributed by atoms with Gasteiger partial charge in [0, 0.05) is 12.1 Å². The van der Waals surface area contributed by atoms with E-state index >= 15 is 0 Å². The Bertz CT molecular complexity index is 1290. The van der Waals surface area contributed by atoms with Gasteiger partial charge in [-0.2, -0.15) is 8.96 Å². The minimum atomic E-state index is -1.57. The highest BCUT2D eigenvalue weighted by Crippen LogP contribution is 2.33. The summed E-state index contributed by atoms with van der Waals surface area (Å²) >= 11 is 0. The van der Waals surface area contributed by atoms with E-state index in [1.54, 1.807) is 42.5 Å². The van der Waals surface area contributed by atoms with E-state index in [9.17, 15) is 18.0 Å². The number of aryl methyl sites for hydroxylation is 1. The maximum Gasteiger partial charge on any atom is 0.345 e. The number of para-hydroxylation sites is 1. The second-order valence-electron chi connectivity index (χ2n) is 6.37. The predicted molar refractivity (Wildman–Crippen MR) is 100 cm³/mol. The molecule has 4 aromatic rings. The molecule has 4 rings (SSSR count). The molecular formula is C22H15F3NO3+. The van der Waals surface area contributed by atoms with E-state index < -0.39 is 29.2 Å². The van der Waals surface area contributed by atoms with Crippen LogP contribution in [0.15, 0.2) is 54.6 Å². The molecule has 1 aromatic heterocycles. The number of carbonyl (C=O) groups is 1. The van der Waals surface area contributed by atoms with Crippen LogP contribution in [0.5, 0.6) is 11.5 Å². The van der Waals surface area contributed by atoms with E-state index in [1.807, 2.05) is 11.6 Å². The number of methoxy groups -OCH3 is 1. The van der Waals surface area contributed by atoms with Crippen LogP contribution in [0, 0.1) is 17.5 Å². The van der Waals surface area contributed by atoms with Gasteiger partial charge in [-0.3, -0.25) is 0 Å². The van der Waals surface area contributed by atoms with Crippen molar-refractivity contribution in [2.75, 3.05) is 7.11 Å². The topological polar surface area (TPSA) is 39.4 Å². The maximum absolute atomic E-state index is 14.1. The van der Waals surface area contributed by atoms with Crippen molar-refractivity contribution in [3.05, 3.63) is 77.6 Å². The number of carbonyl (C=O) groups excluding carboxylic acids is 1. The summed E-state index contributed by atoms with van der Waals surface area (Å²) in [5, 5.41) is 0.910. The molecule has 0 N–H and O–H groups in total. The first kappa shape index (κ1) is 18.7. The van der Waals surface area contributed by atoms with Crippen molar-refractivity contribution in [2.45, 2.75) is 0 Å². The number of fused-ring (bicyclic) bond motifs is 2. The predicted octanol–water partition coefficient (Wildman–Crippen LogP) is 4.46. The Morgan fingerprint density at radius 2 is 1.59 bits per heavy atom. The van der Waals surface area contributed by atoms with Crippen LogP contribution in [0.1, 0.15) is 10.4 Å². The number of hydrogen-bond donors (Lipinski definition) is 0. The normalized spacial score (nSPS) is 11.1. The van der Waals surface area contributed by atoms with Crippen LogP contribution < -0.4 is 14.0 Å². The number of pyridine rings is 1. The van der Waals surface area contributed by atoms with Gasteiger partial charge in [-0.1, -0.05) is 18.2 Å². The van der Waals surface area contributed by atoms with Crippen LogP contribution in [0.25, 0.3) is 21.8 Å². The van der Waals surface area contributed by atoms with Crippen molar-refractivity contribution < 1.29 is 32.0 Å². The first-order valence-corrected chi connectivity index (χ1v) is 8.67. The summed E-state index contributed by atoms with van der Waals surface area (Å²) in [6, 6.07) is 13.5. The monoisotopic (exact) mass is 398 g/mol. The van der Waals surface area contributed by atoms with Gasteiger partial charge in [0.2, 0.25) is 22.6 Å². The summed E-state index contributed by atoms with van der Waals surface area (Å²) in [6.07, 6.45) is 0. The molecule has 0 amide bonds. The molecule has 4 nitrogen and oxygen atoms in total. The van der Waals surface area contributed by atoms with Gasteiger partial charge in [0.25, 0.3) is 0 Å². The Labute approximate surface area is 163 Å². The molecule has 0 unspecified atom stereocenters. The Hall–Kier alpha value is -3.61. The van der Waals surface area contributed by atoms with Crippen molar-refractivity contribution in [2.24, 2.45) is 7.05 Å². The van der Waals surface area contributed by atoms with Gasteiger partial charge >= 0.3 is 5.97 Å². The lowest BCUT2D eigenvalue weighted by atomic mass is 10.0. The first-order valence-electron chi connectivity index (χ1n) is 8.67. The lowest BCUT2D eigenvalue weighted by Crippen LogP contribution is -2.31. The molecule has 146 valence electrons. The van der Waals surface area contributed by atoms with Gasteiger partial charge < -0.3 is 9.47 Å². The van der Waals surface area contributed by atoms with E-state index in [0.717, 1.165) is 0 Å². The third-order valence-electron chi connectivity index (χ3n) is 4.77. The summed E-state index contributed by atoms with van der Waals surface area (Å²) in [5.41, 5.74) is 1.41. The van der Waals surface area contributed by atoms with Crippen molar-refractivity contribution in [3.63, 3.8) is 0 Å². The van der Waals surface area contributed by atoms with Crippen molar-refractivity contribution in [3.8, 4) is 11.5 Å². The molecule has 7 heteroatoms. The molecule has 29 heavy (non-hydrogen) atoms. The fraction of sp³-hybridized carbons (Fsp3) is 0.0909. The number of halogens is 3. The molecule has 0 aliphatic rings. The number of nitrogens with zero attached hydrogens (tertiary/aromatic N) is 1. The van der Waals surface area contributed by atoms with E-state index in [2.05, 4.69) is 0 Å². The Kier molecular flexibility index (Phi) is 4.58. The second kappa shape index (κ2) is 7.09. The van der Waals surface area contributed by atoms with Crippen LogP contribution in [0.2, 0.25) is 0 Å². The Morgan fingerprint density at radius 1 is 0.897 bits per heavy atom. The molecule has 0 fully saturated rings. The molecule has 0 radical (unpaired) electrons. The molecule has 0 atom stereocenters. The van der Waals surface area contributed by atoms with Crippen LogP contribution >= 0.6 is 0 Å². The van der Waals surface area contributed by atoms with Crippen LogP contribution in [-0.4, -0.2) is 13.1 Å².